The molecule has 0 radical (unpaired) electrons. The Bertz CT molecular complexity index is 801. The topological polar surface area (TPSA) is 70.2 Å². The number of ketones is 1. The maximum absolute atomic E-state index is 12.7. The molecule has 27 heavy (non-hydrogen) atoms. The first-order valence-electron chi connectivity index (χ1n) is 9.91. The predicted molar refractivity (Wildman–Crippen MR) is 115 cm³/mol. The number of anilines is 1. The van der Waals surface area contributed by atoms with Gasteiger partial charge in [-0.05, 0) is 56.8 Å². The second kappa shape index (κ2) is 7.61. The van der Waals surface area contributed by atoms with Gasteiger partial charge in [0.15, 0.2) is 5.78 Å². The fourth-order valence-electron chi connectivity index (χ4n) is 4.33. The average molecular weight is 382 g/mol. The van der Waals surface area contributed by atoms with E-state index in [-0.39, 0.29) is 11.5 Å². The Kier molecular flexibility index (Phi) is 5.59. The molecule has 0 aliphatic carbocycles. The molecular formula is C22H31N3OSi. The molecule has 1 aromatic carbocycles. The van der Waals surface area contributed by atoms with Gasteiger partial charge in [0.25, 0.3) is 0 Å². The number of hydrogen-bond acceptors (Lipinski definition) is 4. The molecule has 4 nitrogen and oxygen atoms in total. The maximum atomic E-state index is 12.7. The highest BCUT2D eigenvalue weighted by atomic mass is 28.3. The summed E-state index contributed by atoms with van der Waals surface area (Å²) >= 11 is 0. The zero-order valence-corrected chi connectivity index (χ0v) is 17.9. The number of carbonyl (C=O) groups excluding carboxylic acids is 1. The van der Waals surface area contributed by atoms with Gasteiger partial charge in [-0.3, -0.25) is 10.2 Å². The zero-order chi connectivity index (χ0) is 19.8. The Morgan fingerprint density at radius 1 is 1.26 bits per heavy atom. The molecule has 1 aromatic rings. The van der Waals surface area contributed by atoms with Crippen LogP contribution in [0.5, 0.6) is 0 Å². The summed E-state index contributed by atoms with van der Waals surface area (Å²) in [4.78, 5) is 15.2. The minimum Gasteiger partial charge on any atom is -0.398 e. The van der Waals surface area contributed by atoms with Crippen LogP contribution in [0.4, 0.5) is 5.69 Å². The van der Waals surface area contributed by atoms with E-state index < -0.39 is 8.07 Å². The summed E-state index contributed by atoms with van der Waals surface area (Å²) in [7, 11) is 0.755. The number of Topliss-reactive ketones (excluding diaryl/α,β-unsaturated/α-hetero) is 1. The molecule has 2 atom stereocenters. The van der Waals surface area contributed by atoms with E-state index in [1.165, 1.54) is 12.8 Å². The van der Waals surface area contributed by atoms with Crippen LogP contribution in [0, 0.1) is 22.8 Å². The molecule has 0 aromatic heterocycles. The Morgan fingerprint density at radius 2 is 1.89 bits per heavy atom. The van der Waals surface area contributed by atoms with Crippen molar-refractivity contribution < 1.29 is 4.79 Å². The smallest absolute Gasteiger partial charge is 0.181 e. The van der Waals surface area contributed by atoms with E-state index in [2.05, 4.69) is 43.1 Å². The third-order valence-corrected chi connectivity index (χ3v) is 6.73. The molecule has 3 rings (SSSR count). The molecule has 2 saturated heterocycles. The van der Waals surface area contributed by atoms with Gasteiger partial charge in [-0.2, -0.15) is 0 Å². The third-order valence-electron chi connectivity index (χ3n) is 5.85. The van der Waals surface area contributed by atoms with Crippen LogP contribution < -0.4 is 5.73 Å². The van der Waals surface area contributed by atoms with Gasteiger partial charge >= 0.3 is 0 Å². The molecule has 3 N–H and O–H groups in total. The lowest BCUT2D eigenvalue weighted by molar-refractivity contribution is -0.114. The van der Waals surface area contributed by atoms with E-state index in [1.807, 2.05) is 6.07 Å². The van der Waals surface area contributed by atoms with Gasteiger partial charge < -0.3 is 10.6 Å². The second-order valence-electron chi connectivity index (χ2n) is 9.19. The number of fused-ring (bicyclic) bond motifs is 2. The molecule has 2 fully saturated rings. The molecule has 0 saturated carbocycles. The summed E-state index contributed by atoms with van der Waals surface area (Å²) in [6, 6.07) is 6.67. The monoisotopic (exact) mass is 381 g/mol. The SMILES string of the molecule is CN1C2CCC1CC(CC(=O)C(=N)c1ccc(C#C[Si](C)(C)C)cc1N)C2. The summed E-state index contributed by atoms with van der Waals surface area (Å²) in [5, 5.41) is 8.35. The molecule has 0 spiro atoms. The fourth-order valence-corrected chi connectivity index (χ4v) is 4.85. The fraction of sp³-hybridized carbons (Fsp3) is 0.545. The Balaban J connectivity index is 1.66. The molecular weight excluding hydrogens is 350 g/mol. The van der Waals surface area contributed by atoms with Crippen LogP contribution in [0.2, 0.25) is 19.6 Å². The largest absolute Gasteiger partial charge is 0.398 e. The van der Waals surface area contributed by atoms with E-state index in [4.69, 9.17) is 11.1 Å². The first kappa shape index (κ1) is 19.8. The van der Waals surface area contributed by atoms with E-state index >= 15 is 0 Å². The average Bonchev–Trinajstić information content (AvgIpc) is 2.80. The highest BCUT2D eigenvalue weighted by Crippen LogP contribution is 2.38. The van der Waals surface area contributed by atoms with Gasteiger partial charge in [0.1, 0.15) is 13.8 Å². The van der Waals surface area contributed by atoms with E-state index in [0.717, 1.165) is 18.4 Å². The normalized spacial score (nSPS) is 25.0. The second-order valence-corrected chi connectivity index (χ2v) is 13.9. The van der Waals surface area contributed by atoms with E-state index in [9.17, 15) is 4.79 Å². The summed E-state index contributed by atoms with van der Waals surface area (Å²) in [6.45, 7) is 6.59. The zero-order valence-electron chi connectivity index (χ0n) is 16.9. The molecule has 2 unspecified atom stereocenters. The number of nitrogens with zero attached hydrogens (tertiary/aromatic N) is 1. The van der Waals surface area contributed by atoms with Crippen LogP contribution in [-0.4, -0.2) is 43.6 Å². The van der Waals surface area contributed by atoms with Crippen LogP contribution in [0.3, 0.4) is 0 Å². The van der Waals surface area contributed by atoms with Crippen molar-refractivity contribution in [1.29, 1.82) is 5.41 Å². The maximum Gasteiger partial charge on any atom is 0.181 e. The Morgan fingerprint density at radius 3 is 2.44 bits per heavy atom. The van der Waals surface area contributed by atoms with Gasteiger partial charge in [-0.25, -0.2) is 0 Å². The molecule has 2 aliphatic heterocycles. The first-order valence-corrected chi connectivity index (χ1v) is 13.4. The number of rotatable bonds is 4. The van der Waals surface area contributed by atoms with Crippen LogP contribution in [-0.2, 0) is 4.79 Å². The first-order chi connectivity index (χ1) is 12.6. The van der Waals surface area contributed by atoms with Crippen molar-refractivity contribution in [3.8, 4) is 11.5 Å². The lowest BCUT2D eigenvalue weighted by Gasteiger charge is -2.36. The van der Waals surface area contributed by atoms with Crippen molar-refractivity contribution in [1.82, 2.24) is 4.90 Å². The van der Waals surface area contributed by atoms with Crippen LogP contribution >= 0.6 is 0 Å². The van der Waals surface area contributed by atoms with Crippen LogP contribution in [0.25, 0.3) is 0 Å². The third kappa shape index (κ3) is 4.69. The number of piperidine rings is 1. The number of nitrogens with two attached hydrogens (primary N) is 1. The number of nitrogens with one attached hydrogen (secondary N) is 1. The minimum absolute atomic E-state index is 0.0449. The van der Waals surface area contributed by atoms with Crippen molar-refractivity contribution >= 4 is 25.3 Å². The van der Waals surface area contributed by atoms with Gasteiger partial charge in [0.05, 0.1) is 0 Å². The predicted octanol–water partition coefficient (Wildman–Crippen LogP) is 3.70. The number of hydrogen-bond donors (Lipinski definition) is 2. The molecule has 2 aliphatic rings. The molecule has 2 heterocycles. The van der Waals surface area contributed by atoms with Crippen molar-refractivity contribution in [2.45, 2.75) is 63.8 Å². The van der Waals surface area contributed by atoms with Gasteiger partial charge in [-0.15, -0.1) is 5.54 Å². The molecule has 5 heteroatoms. The van der Waals surface area contributed by atoms with Crippen LogP contribution in [0.15, 0.2) is 18.2 Å². The molecule has 0 amide bonds. The number of benzene rings is 1. The van der Waals surface area contributed by atoms with Crippen molar-refractivity contribution in [3.05, 3.63) is 29.3 Å². The lowest BCUT2D eigenvalue weighted by Crippen LogP contribution is -2.40. The lowest BCUT2D eigenvalue weighted by atomic mass is 9.85. The van der Waals surface area contributed by atoms with Gasteiger partial charge in [0, 0.05) is 35.3 Å². The summed E-state index contributed by atoms with van der Waals surface area (Å²) in [5.74, 6) is 3.49. The Labute approximate surface area is 164 Å². The highest BCUT2D eigenvalue weighted by Gasteiger charge is 2.39. The van der Waals surface area contributed by atoms with E-state index in [1.54, 1.807) is 12.1 Å². The Hall–Kier alpha value is -1.90. The summed E-state index contributed by atoms with van der Waals surface area (Å²) in [5.41, 5.74) is 11.4. The van der Waals surface area contributed by atoms with Crippen molar-refractivity contribution in [2.24, 2.45) is 5.92 Å². The molecule has 144 valence electrons. The number of carbonyl (C=O) groups is 1. The van der Waals surface area contributed by atoms with Crippen molar-refractivity contribution in [3.63, 3.8) is 0 Å². The van der Waals surface area contributed by atoms with Gasteiger partial charge in [0.2, 0.25) is 0 Å². The van der Waals surface area contributed by atoms with Crippen LogP contribution in [0.1, 0.15) is 43.2 Å². The highest BCUT2D eigenvalue weighted by molar-refractivity contribution is 6.83. The number of nitrogen functional groups attached to an aromatic ring is 1. The molecule has 2 bridgehead atoms. The van der Waals surface area contributed by atoms with Crippen molar-refractivity contribution in [2.75, 3.05) is 12.8 Å². The summed E-state index contributed by atoms with van der Waals surface area (Å²) < 4.78 is 0. The quantitative estimate of drug-likeness (QED) is 0.362. The van der Waals surface area contributed by atoms with Gasteiger partial charge in [-0.1, -0.05) is 25.6 Å². The van der Waals surface area contributed by atoms with E-state index in [0.29, 0.717) is 35.7 Å². The standard InChI is InChI=1S/C22H31N3OSi/c1-25-17-6-7-18(25)12-16(11-17)14-21(26)22(24)19-8-5-15(13-20(19)23)9-10-27(2,3)4/h5,8,13,16-18,24H,6-7,11-12,14,23H2,1-4H3. The summed E-state index contributed by atoms with van der Waals surface area (Å²) in [6.07, 6.45) is 5.11. The minimum atomic E-state index is -1.45.